The number of imide groups is 1. The predicted molar refractivity (Wildman–Crippen MR) is 105 cm³/mol. The van der Waals surface area contributed by atoms with Crippen molar-refractivity contribution >= 4 is 17.9 Å². The number of nitrogens with one attached hydrogen (secondary N) is 2. The van der Waals surface area contributed by atoms with Gasteiger partial charge in [0, 0.05) is 19.2 Å². The van der Waals surface area contributed by atoms with Gasteiger partial charge in [0.2, 0.25) is 0 Å². The van der Waals surface area contributed by atoms with Gasteiger partial charge >= 0.3 is 12.0 Å². The highest BCUT2D eigenvalue weighted by Crippen LogP contribution is 2.01. The van der Waals surface area contributed by atoms with E-state index in [1.807, 2.05) is 37.3 Å². The molecule has 9 nitrogen and oxygen atoms in total. The quantitative estimate of drug-likeness (QED) is 0.650. The number of aryl methyl sites for hydroxylation is 1. The van der Waals surface area contributed by atoms with E-state index in [1.54, 1.807) is 0 Å². The minimum Gasteiger partial charge on any atom is -0.448 e. The third kappa shape index (κ3) is 6.87. The molecule has 0 aliphatic rings. The van der Waals surface area contributed by atoms with Crippen molar-refractivity contribution in [2.24, 2.45) is 0 Å². The van der Waals surface area contributed by atoms with Crippen molar-refractivity contribution < 1.29 is 19.1 Å². The molecule has 9 heteroatoms. The number of carbonyl (C=O) groups is 3. The number of nitrogens with zero attached hydrogens (tertiary/aromatic N) is 2. The fourth-order valence-electron chi connectivity index (χ4n) is 2.34. The SMILES string of the molecule is CCCCn1nc(C(=O)OC(C)C(=O)NC(=O)NCc2ccccc2)ccc1=O. The van der Waals surface area contributed by atoms with Crippen LogP contribution in [0.1, 0.15) is 42.7 Å². The van der Waals surface area contributed by atoms with Gasteiger partial charge in [-0.3, -0.25) is 14.9 Å². The average molecular weight is 400 g/mol. The molecular formula is C20H24N4O5. The van der Waals surface area contributed by atoms with Gasteiger partial charge in [-0.1, -0.05) is 43.7 Å². The molecule has 0 radical (unpaired) electrons. The molecular weight excluding hydrogens is 376 g/mol. The maximum absolute atomic E-state index is 12.2. The largest absolute Gasteiger partial charge is 0.448 e. The minimum absolute atomic E-state index is 0.0890. The number of urea groups is 1. The second-order valence-electron chi connectivity index (χ2n) is 6.34. The van der Waals surface area contributed by atoms with Crippen LogP contribution in [0.15, 0.2) is 47.3 Å². The van der Waals surface area contributed by atoms with E-state index in [0.29, 0.717) is 6.54 Å². The number of benzene rings is 1. The van der Waals surface area contributed by atoms with Crippen LogP contribution >= 0.6 is 0 Å². The van der Waals surface area contributed by atoms with Crippen molar-refractivity contribution in [1.29, 1.82) is 0 Å². The number of unbranched alkanes of at least 4 members (excludes halogenated alkanes) is 1. The summed E-state index contributed by atoms with van der Waals surface area (Å²) in [6.45, 7) is 3.94. The third-order valence-corrected chi connectivity index (χ3v) is 3.98. The molecule has 0 spiro atoms. The number of ether oxygens (including phenoxy) is 1. The molecule has 2 aromatic rings. The number of aromatic nitrogens is 2. The highest BCUT2D eigenvalue weighted by molar-refractivity contribution is 5.98. The Labute approximate surface area is 168 Å². The van der Waals surface area contributed by atoms with Gasteiger partial charge in [0.1, 0.15) is 0 Å². The fourth-order valence-corrected chi connectivity index (χ4v) is 2.34. The molecule has 3 amide bonds. The van der Waals surface area contributed by atoms with Crippen LogP contribution in [0, 0.1) is 0 Å². The van der Waals surface area contributed by atoms with E-state index < -0.39 is 24.0 Å². The summed E-state index contributed by atoms with van der Waals surface area (Å²) in [4.78, 5) is 47.9. The first kappa shape index (κ1) is 21.8. The summed E-state index contributed by atoms with van der Waals surface area (Å²) < 4.78 is 6.23. The molecule has 1 heterocycles. The summed E-state index contributed by atoms with van der Waals surface area (Å²) in [5, 5.41) is 8.62. The number of hydrogen-bond acceptors (Lipinski definition) is 6. The zero-order valence-electron chi connectivity index (χ0n) is 16.4. The van der Waals surface area contributed by atoms with Crippen molar-refractivity contribution in [1.82, 2.24) is 20.4 Å². The highest BCUT2D eigenvalue weighted by atomic mass is 16.5. The first-order valence-corrected chi connectivity index (χ1v) is 9.32. The highest BCUT2D eigenvalue weighted by Gasteiger charge is 2.22. The van der Waals surface area contributed by atoms with Gasteiger partial charge in [0.15, 0.2) is 11.8 Å². The van der Waals surface area contributed by atoms with E-state index in [-0.39, 0.29) is 17.8 Å². The molecule has 0 saturated carbocycles. The standard InChI is InChI=1S/C20H24N4O5/c1-3-4-12-24-17(25)11-10-16(23-24)19(27)29-14(2)18(26)22-20(28)21-13-15-8-6-5-7-9-15/h5-11,14H,3-4,12-13H2,1-2H3,(H2,21,22,26,28). The topological polar surface area (TPSA) is 119 Å². The lowest BCUT2D eigenvalue weighted by Gasteiger charge is -2.13. The molecule has 1 aromatic carbocycles. The summed E-state index contributed by atoms with van der Waals surface area (Å²) in [5.74, 6) is -1.63. The number of amides is 3. The van der Waals surface area contributed by atoms with Crippen LogP contribution in [0.4, 0.5) is 4.79 Å². The Morgan fingerprint density at radius 1 is 1.14 bits per heavy atom. The molecule has 0 fully saturated rings. The maximum atomic E-state index is 12.2. The summed E-state index contributed by atoms with van der Waals surface area (Å²) >= 11 is 0. The third-order valence-electron chi connectivity index (χ3n) is 3.98. The molecule has 0 aliphatic carbocycles. The van der Waals surface area contributed by atoms with Crippen LogP contribution in [-0.2, 0) is 22.6 Å². The molecule has 2 N–H and O–H groups in total. The maximum Gasteiger partial charge on any atom is 0.359 e. The van der Waals surface area contributed by atoms with E-state index >= 15 is 0 Å². The summed E-state index contributed by atoms with van der Waals surface area (Å²) in [6.07, 6.45) is 0.386. The van der Waals surface area contributed by atoms with Gasteiger partial charge in [0.25, 0.3) is 11.5 Å². The van der Waals surface area contributed by atoms with Gasteiger partial charge < -0.3 is 10.1 Å². The molecule has 2 rings (SSSR count). The lowest BCUT2D eigenvalue weighted by atomic mass is 10.2. The van der Waals surface area contributed by atoms with E-state index in [2.05, 4.69) is 15.7 Å². The minimum atomic E-state index is -1.22. The summed E-state index contributed by atoms with van der Waals surface area (Å²) in [5.41, 5.74) is 0.462. The van der Waals surface area contributed by atoms with Gasteiger partial charge in [-0.2, -0.15) is 5.10 Å². The molecule has 1 aromatic heterocycles. The number of esters is 1. The van der Waals surface area contributed by atoms with Crippen LogP contribution in [-0.4, -0.2) is 33.8 Å². The lowest BCUT2D eigenvalue weighted by Crippen LogP contribution is -2.44. The Morgan fingerprint density at radius 3 is 2.55 bits per heavy atom. The first-order chi connectivity index (χ1) is 13.9. The Bertz CT molecular complexity index is 911. The predicted octanol–water partition coefficient (Wildman–Crippen LogP) is 1.61. The van der Waals surface area contributed by atoms with Crippen molar-refractivity contribution in [3.05, 3.63) is 64.1 Å². The Morgan fingerprint density at radius 2 is 1.86 bits per heavy atom. The zero-order valence-corrected chi connectivity index (χ0v) is 16.4. The Hall–Kier alpha value is -3.49. The van der Waals surface area contributed by atoms with E-state index in [4.69, 9.17) is 4.74 Å². The second-order valence-corrected chi connectivity index (χ2v) is 6.34. The first-order valence-electron chi connectivity index (χ1n) is 9.32. The van der Waals surface area contributed by atoms with Crippen molar-refractivity contribution in [3.63, 3.8) is 0 Å². The van der Waals surface area contributed by atoms with Crippen LogP contribution in [0.5, 0.6) is 0 Å². The van der Waals surface area contributed by atoms with Crippen LogP contribution in [0.3, 0.4) is 0 Å². The molecule has 0 aliphatic heterocycles. The van der Waals surface area contributed by atoms with E-state index in [0.717, 1.165) is 18.4 Å². The molecule has 0 saturated heterocycles. The number of carbonyl (C=O) groups excluding carboxylic acids is 3. The molecule has 29 heavy (non-hydrogen) atoms. The lowest BCUT2D eigenvalue weighted by molar-refractivity contribution is -0.127. The van der Waals surface area contributed by atoms with Crippen molar-refractivity contribution in [3.8, 4) is 0 Å². The van der Waals surface area contributed by atoms with Gasteiger partial charge in [0.05, 0.1) is 0 Å². The van der Waals surface area contributed by atoms with Gasteiger partial charge in [-0.25, -0.2) is 14.3 Å². The summed E-state index contributed by atoms with van der Waals surface area (Å²) in [6, 6.07) is 11.0. The molecule has 0 bridgehead atoms. The van der Waals surface area contributed by atoms with Gasteiger partial charge in [-0.15, -0.1) is 0 Å². The zero-order chi connectivity index (χ0) is 21.2. The van der Waals surface area contributed by atoms with Crippen LogP contribution in [0.25, 0.3) is 0 Å². The monoisotopic (exact) mass is 400 g/mol. The van der Waals surface area contributed by atoms with Crippen molar-refractivity contribution in [2.45, 2.75) is 45.9 Å². The van der Waals surface area contributed by atoms with E-state index in [9.17, 15) is 19.2 Å². The van der Waals surface area contributed by atoms with Gasteiger partial charge in [-0.05, 0) is 25.0 Å². The second kappa shape index (κ2) is 10.7. The summed E-state index contributed by atoms with van der Waals surface area (Å²) in [7, 11) is 0. The van der Waals surface area contributed by atoms with Crippen molar-refractivity contribution in [2.75, 3.05) is 0 Å². The van der Waals surface area contributed by atoms with Crippen LogP contribution < -0.4 is 16.2 Å². The Balaban J connectivity index is 1.87. The molecule has 1 unspecified atom stereocenters. The van der Waals surface area contributed by atoms with Crippen LogP contribution in [0.2, 0.25) is 0 Å². The fraction of sp³-hybridized carbons (Fsp3) is 0.350. The Kier molecular flexibility index (Phi) is 8.08. The number of rotatable bonds is 8. The molecule has 1 atom stereocenters. The smallest absolute Gasteiger partial charge is 0.359 e. The normalized spacial score (nSPS) is 11.4. The number of hydrogen-bond donors (Lipinski definition) is 2. The molecule has 154 valence electrons. The average Bonchev–Trinajstić information content (AvgIpc) is 2.72. The van der Waals surface area contributed by atoms with E-state index in [1.165, 1.54) is 23.7 Å².